The van der Waals surface area contributed by atoms with Crippen LogP contribution in [-0.2, 0) is 11.3 Å². The number of hydrogen-bond acceptors (Lipinski definition) is 4. The third kappa shape index (κ3) is 3.67. The predicted octanol–water partition coefficient (Wildman–Crippen LogP) is 2.81. The van der Waals surface area contributed by atoms with Crippen LogP contribution in [0.15, 0.2) is 29.2 Å². The molecule has 0 spiro atoms. The van der Waals surface area contributed by atoms with Crippen LogP contribution in [0.25, 0.3) is 10.9 Å². The number of carbonyl (C=O) groups is 1. The van der Waals surface area contributed by atoms with Crippen molar-refractivity contribution in [3.05, 3.63) is 57.4 Å². The van der Waals surface area contributed by atoms with Gasteiger partial charge >= 0.3 is 0 Å². The van der Waals surface area contributed by atoms with Crippen molar-refractivity contribution in [2.45, 2.75) is 53.2 Å². The number of nitrogens with one attached hydrogen (secondary N) is 1. The fraction of sp³-hybridized carbons (Fsp3) is 0.400. The van der Waals surface area contributed by atoms with Gasteiger partial charge in [-0.2, -0.15) is 10.2 Å². The summed E-state index contributed by atoms with van der Waals surface area (Å²) in [6.45, 7) is 8.96. The molecule has 0 fully saturated rings. The molecule has 0 saturated carbocycles. The fourth-order valence-electron chi connectivity index (χ4n) is 3.28. The van der Waals surface area contributed by atoms with Crippen LogP contribution >= 0.6 is 0 Å². The first-order chi connectivity index (χ1) is 13.2. The summed E-state index contributed by atoms with van der Waals surface area (Å²) in [5, 5.41) is 11.7. The lowest BCUT2D eigenvalue weighted by Gasteiger charge is -2.16. The lowest BCUT2D eigenvalue weighted by Crippen LogP contribution is -2.35. The predicted molar refractivity (Wildman–Crippen MR) is 105 cm³/mol. The number of fused-ring (bicyclic) bond motifs is 1. The zero-order chi connectivity index (χ0) is 20.6. The molecule has 3 aromatic rings. The Kier molecular flexibility index (Phi) is 5.31. The maximum atomic E-state index is 14.1. The lowest BCUT2D eigenvalue weighted by atomic mass is 10.1. The molecule has 28 heavy (non-hydrogen) atoms. The second-order valence-corrected chi connectivity index (χ2v) is 7.31. The molecule has 8 heteroatoms. The second-order valence-electron chi connectivity index (χ2n) is 7.31. The number of aromatic nitrogens is 4. The van der Waals surface area contributed by atoms with Gasteiger partial charge in [-0.05, 0) is 46.2 Å². The third-order valence-electron chi connectivity index (χ3n) is 4.66. The standard InChI is InChI=1S/C20H24FN5O2/c1-11(2)26-19-14(5)24-25(20(28)16(19)9-22-26)10-18(27)23-13(4)15-7-6-12(3)8-17(15)21/h6-9,11,13H,10H2,1-5H3,(H,23,27)/t13-/m0/s1. The second kappa shape index (κ2) is 7.53. The maximum Gasteiger partial charge on any atom is 0.278 e. The number of amides is 1. The van der Waals surface area contributed by atoms with Gasteiger partial charge in [0.25, 0.3) is 5.56 Å². The first-order valence-electron chi connectivity index (χ1n) is 9.19. The first-order valence-corrected chi connectivity index (χ1v) is 9.19. The van der Waals surface area contributed by atoms with Gasteiger partial charge in [0.1, 0.15) is 12.4 Å². The van der Waals surface area contributed by atoms with E-state index in [0.29, 0.717) is 22.2 Å². The van der Waals surface area contributed by atoms with E-state index >= 15 is 0 Å². The number of nitrogens with zero attached hydrogens (tertiary/aromatic N) is 4. The molecule has 0 aliphatic carbocycles. The van der Waals surface area contributed by atoms with Gasteiger partial charge in [-0.15, -0.1) is 0 Å². The van der Waals surface area contributed by atoms with E-state index in [1.54, 1.807) is 37.6 Å². The molecule has 1 amide bonds. The smallest absolute Gasteiger partial charge is 0.278 e. The monoisotopic (exact) mass is 385 g/mol. The Balaban J connectivity index is 1.83. The Labute approximate surface area is 162 Å². The van der Waals surface area contributed by atoms with Gasteiger partial charge in [-0.1, -0.05) is 12.1 Å². The van der Waals surface area contributed by atoms with Crippen molar-refractivity contribution in [2.75, 3.05) is 0 Å². The summed E-state index contributed by atoms with van der Waals surface area (Å²) < 4.78 is 17.0. The van der Waals surface area contributed by atoms with Crippen LogP contribution in [0.3, 0.4) is 0 Å². The van der Waals surface area contributed by atoms with Gasteiger partial charge in [0, 0.05) is 11.6 Å². The van der Waals surface area contributed by atoms with E-state index in [-0.39, 0.29) is 24.0 Å². The number of rotatable bonds is 5. The highest BCUT2D eigenvalue weighted by atomic mass is 19.1. The van der Waals surface area contributed by atoms with Crippen LogP contribution in [0.2, 0.25) is 0 Å². The molecular formula is C20H24FN5O2. The first kappa shape index (κ1) is 19.7. The zero-order valence-electron chi connectivity index (χ0n) is 16.7. The average molecular weight is 385 g/mol. The van der Waals surface area contributed by atoms with Crippen molar-refractivity contribution < 1.29 is 9.18 Å². The summed E-state index contributed by atoms with van der Waals surface area (Å²) in [7, 11) is 0. The highest BCUT2D eigenvalue weighted by molar-refractivity contribution is 5.80. The summed E-state index contributed by atoms with van der Waals surface area (Å²) in [5.41, 5.74) is 2.11. The van der Waals surface area contributed by atoms with Crippen LogP contribution < -0.4 is 10.9 Å². The third-order valence-corrected chi connectivity index (χ3v) is 4.66. The van der Waals surface area contributed by atoms with E-state index in [1.165, 1.54) is 12.3 Å². The molecule has 0 aliphatic rings. The van der Waals surface area contributed by atoms with Gasteiger partial charge in [0.2, 0.25) is 5.91 Å². The molecule has 148 valence electrons. The van der Waals surface area contributed by atoms with E-state index in [9.17, 15) is 14.0 Å². The topological polar surface area (TPSA) is 81.8 Å². The lowest BCUT2D eigenvalue weighted by molar-refractivity contribution is -0.122. The van der Waals surface area contributed by atoms with Crippen LogP contribution in [0.4, 0.5) is 4.39 Å². The van der Waals surface area contributed by atoms with Crippen LogP contribution in [0.1, 0.15) is 49.7 Å². The molecule has 1 N–H and O–H groups in total. The quantitative estimate of drug-likeness (QED) is 0.732. The summed E-state index contributed by atoms with van der Waals surface area (Å²) in [4.78, 5) is 25.1. The zero-order valence-corrected chi connectivity index (χ0v) is 16.7. The molecule has 7 nitrogen and oxygen atoms in total. The molecule has 1 atom stereocenters. The van der Waals surface area contributed by atoms with Crippen molar-refractivity contribution in [1.29, 1.82) is 0 Å². The highest BCUT2D eigenvalue weighted by Gasteiger charge is 2.18. The van der Waals surface area contributed by atoms with Crippen molar-refractivity contribution in [1.82, 2.24) is 24.9 Å². The Morgan fingerprint density at radius 2 is 1.96 bits per heavy atom. The molecule has 0 unspecified atom stereocenters. The van der Waals surface area contributed by atoms with Crippen LogP contribution in [0, 0.1) is 19.7 Å². The number of benzene rings is 1. The minimum absolute atomic E-state index is 0.0850. The Bertz CT molecular complexity index is 1100. The van der Waals surface area contributed by atoms with Gasteiger partial charge in [0.15, 0.2) is 0 Å². The molecule has 0 aliphatic heterocycles. The normalized spacial score (nSPS) is 12.5. The van der Waals surface area contributed by atoms with E-state index in [4.69, 9.17) is 0 Å². The highest BCUT2D eigenvalue weighted by Crippen LogP contribution is 2.18. The Morgan fingerprint density at radius 1 is 1.25 bits per heavy atom. The number of hydrogen-bond donors (Lipinski definition) is 1. The number of aryl methyl sites for hydroxylation is 2. The summed E-state index contributed by atoms with van der Waals surface area (Å²) in [5.74, 6) is -0.793. The SMILES string of the molecule is Cc1ccc([C@H](C)NC(=O)Cn2nc(C)c3c(cnn3C(C)C)c2=O)c(F)c1. The van der Waals surface area contributed by atoms with Gasteiger partial charge < -0.3 is 5.32 Å². The fourth-order valence-corrected chi connectivity index (χ4v) is 3.28. The average Bonchev–Trinajstić information content (AvgIpc) is 3.05. The number of halogens is 1. The Hall–Kier alpha value is -3.03. The molecule has 2 aromatic heterocycles. The van der Waals surface area contributed by atoms with E-state index < -0.39 is 11.9 Å². The van der Waals surface area contributed by atoms with Gasteiger partial charge in [-0.3, -0.25) is 14.3 Å². The van der Waals surface area contributed by atoms with Crippen molar-refractivity contribution in [3.63, 3.8) is 0 Å². The maximum absolute atomic E-state index is 14.1. The van der Waals surface area contributed by atoms with Crippen molar-refractivity contribution >= 4 is 16.8 Å². The van der Waals surface area contributed by atoms with Gasteiger partial charge in [-0.25, -0.2) is 9.07 Å². The van der Waals surface area contributed by atoms with Gasteiger partial charge in [0.05, 0.1) is 28.8 Å². The molecule has 2 heterocycles. The summed E-state index contributed by atoms with van der Waals surface area (Å²) in [6, 6.07) is 4.42. The summed E-state index contributed by atoms with van der Waals surface area (Å²) in [6.07, 6.45) is 1.51. The Morgan fingerprint density at radius 3 is 2.61 bits per heavy atom. The molecule has 1 aromatic carbocycles. The van der Waals surface area contributed by atoms with E-state index in [2.05, 4.69) is 15.5 Å². The largest absolute Gasteiger partial charge is 0.348 e. The van der Waals surface area contributed by atoms with Crippen molar-refractivity contribution in [2.24, 2.45) is 0 Å². The van der Waals surface area contributed by atoms with Crippen molar-refractivity contribution in [3.8, 4) is 0 Å². The molecule has 0 saturated heterocycles. The van der Waals surface area contributed by atoms with Crippen LogP contribution in [0.5, 0.6) is 0 Å². The minimum Gasteiger partial charge on any atom is -0.348 e. The number of carbonyl (C=O) groups excluding carboxylic acids is 1. The molecule has 0 radical (unpaired) electrons. The summed E-state index contributed by atoms with van der Waals surface area (Å²) >= 11 is 0. The molecule has 3 rings (SSSR count). The molecule has 0 bridgehead atoms. The molecular weight excluding hydrogens is 361 g/mol. The minimum atomic E-state index is -0.530. The van der Waals surface area contributed by atoms with E-state index in [0.717, 1.165) is 10.2 Å². The van der Waals surface area contributed by atoms with Crippen LogP contribution in [-0.4, -0.2) is 25.5 Å². The van der Waals surface area contributed by atoms with E-state index in [1.807, 2.05) is 13.8 Å².